The van der Waals surface area contributed by atoms with Gasteiger partial charge in [-0.05, 0) is 11.5 Å². The summed E-state index contributed by atoms with van der Waals surface area (Å²) >= 11 is 11.7. The predicted octanol–water partition coefficient (Wildman–Crippen LogP) is 3.92. The molecule has 0 aromatic heterocycles. The lowest BCUT2D eigenvalue weighted by Crippen LogP contribution is -2.18. The second-order valence-electron chi connectivity index (χ2n) is 4.33. The Hall–Kier alpha value is -1.84. The summed E-state index contributed by atoms with van der Waals surface area (Å²) in [5.41, 5.74) is 0.501. The zero-order valence-electron chi connectivity index (χ0n) is 10.4. The quantitative estimate of drug-likeness (QED) is 0.802. The highest BCUT2D eigenvalue weighted by Crippen LogP contribution is 2.38. The van der Waals surface area contributed by atoms with Crippen molar-refractivity contribution in [1.29, 1.82) is 0 Å². The number of benzene rings is 2. The third kappa shape index (κ3) is 1.67. The van der Waals surface area contributed by atoms with Crippen LogP contribution in [-0.2, 0) is 0 Å². The zero-order valence-corrected chi connectivity index (χ0v) is 11.9. The fraction of sp³-hybridized carbons (Fsp3) is 0.0667. The molecule has 0 spiro atoms. The number of carbonyl (C=O) groups excluding carboxylic acids is 2. The monoisotopic (exact) mass is 306 g/mol. The first kappa shape index (κ1) is 13.2. The number of ketones is 2. The van der Waals surface area contributed by atoms with Crippen molar-refractivity contribution in [2.24, 2.45) is 0 Å². The maximum Gasteiger partial charge on any atom is 0.207 e. The van der Waals surface area contributed by atoms with Crippen LogP contribution in [0.1, 0.15) is 20.7 Å². The van der Waals surface area contributed by atoms with E-state index < -0.39 is 11.6 Å². The van der Waals surface area contributed by atoms with Gasteiger partial charge in [-0.1, -0.05) is 47.5 Å². The van der Waals surface area contributed by atoms with Crippen molar-refractivity contribution < 1.29 is 14.3 Å². The van der Waals surface area contributed by atoms with Crippen LogP contribution in [0.4, 0.5) is 0 Å². The molecule has 0 N–H and O–H groups in total. The van der Waals surface area contributed by atoms with E-state index in [1.165, 1.54) is 13.2 Å². The SMILES string of the molecule is COc1cc2c(c3ccccc13)C(=O)C(Cl)=C(Cl)C2=O. The number of allylic oxidation sites excluding steroid dienone is 2. The number of rotatable bonds is 1. The second-order valence-corrected chi connectivity index (χ2v) is 5.09. The van der Waals surface area contributed by atoms with Crippen LogP contribution in [0.2, 0.25) is 0 Å². The Morgan fingerprint density at radius 2 is 1.55 bits per heavy atom. The van der Waals surface area contributed by atoms with Crippen molar-refractivity contribution in [2.45, 2.75) is 0 Å². The van der Waals surface area contributed by atoms with Crippen LogP contribution in [0.15, 0.2) is 40.4 Å². The van der Waals surface area contributed by atoms with E-state index in [2.05, 4.69) is 0 Å². The van der Waals surface area contributed by atoms with E-state index in [0.29, 0.717) is 11.1 Å². The maximum atomic E-state index is 12.3. The first-order valence-corrected chi connectivity index (χ1v) is 6.56. The van der Waals surface area contributed by atoms with Gasteiger partial charge in [-0.3, -0.25) is 9.59 Å². The van der Waals surface area contributed by atoms with Crippen LogP contribution in [0.25, 0.3) is 10.8 Å². The van der Waals surface area contributed by atoms with Gasteiger partial charge in [0.05, 0.1) is 7.11 Å². The minimum Gasteiger partial charge on any atom is -0.496 e. The molecule has 1 aliphatic rings. The molecule has 0 fully saturated rings. The molecule has 5 heteroatoms. The molecule has 0 bridgehead atoms. The summed E-state index contributed by atoms with van der Waals surface area (Å²) in [5, 5.41) is 0.890. The Bertz CT molecular complexity index is 806. The summed E-state index contributed by atoms with van der Waals surface area (Å²) in [6.07, 6.45) is 0. The lowest BCUT2D eigenvalue weighted by Gasteiger charge is -2.18. The highest BCUT2D eigenvalue weighted by atomic mass is 35.5. The average Bonchev–Trinajstić information content (AvgIpc) is 2.49. The Morgan fingerprint density at radius 3 is 2.20 bits per heavy atom. The van der Waals surface area contributed by atoms with Gasteiger partial charge in [0.1, 0.15) is 15.8 Å². The van der Waals surface area contributed by atoms with E-state index >= 15 is 0 Å². The number of methoxy groups -OCH3 is 1. The molecular weight excluding hydrogens is 299 g/mol. The highest BCUT2D eigenvalue weighted by molar-refractivity contribution is 6.60. The van der Waals surface area contributed by atoms with Gasteiger partial charge in [0.15, 0.2) is 0 Å². The summed E-state index contributed by atoms with van der Waals surface area (Å²) < 4.78 is 5.28. The number of ether oxygens (including phenoxy) is 1. The fourth-order valence-electron chi connectivity index (χ4n) is 2.36. The van der Waals surface area contributed by atoms with Gasteiger partial charge in [-0.25, -0.2) is 0 Å². The van der Waals surface area contributed by atoms with Crippen molar-refractivity contribution in [3.05, 3.63) is 51.5 Å². The third-order valence-electron chi connectivity index (χ3n) is 3.29. The first-order chi connectivity index (χ1) is 9.56. The summed E-state index contributed by atoms with van der Waals surface area (Å²) in [6.45, 7) is 0. The van der Waals surface area contributed by atoms with Crippen LogP contribution in [0.3, 0.4) is 0 Å². The molecule has 3 nitrogen and oxygen atoms in total. The predicted molar refractivity (Wildman–Crippen MR) is 77.9 cm³/mol. The summed E-state index contributed by atoms with van der Waals surface area (Å²) in [5.74, 6) is -0.386. The van der Waals surface area contributed by atoms with Gasteiger partial charge in [0, 0.05) is 16.5 Å². The molecule has 20 heavy (non-hydrogen) atoms. The fourth-order valence-corrected chi connectivity index (χ4v) is 2.73. The number of Topliss-reactive ketones (excluding diaryl/α,β-unsaturated/α-hetero) is 2. The molecule has 0 unspecified atom stereocenters. The molecule has 0 heterocycles. The van der Waals surface area contributed by atoms with Crippen LogP contribution in [0, 0.1) is 0 Å². The summed E-state index contributed by atoms with van der Waals surface area (Å²) in [4.78, 5) is 24.5. The minimum absolute atomic E-state index is 0.222. The van der Waals surface area contributed by atoms with E-state index in [0.717, 1.165) is 5.39 Å². The van der Waals surface area contributed by atoms with Crippen LogP contribution < -0.4 is 4.74 Å². The van der Waals surface area contributed by atoms with Gasteiger partial charge >= 0.3 is 0 Å². The Labute approximate surface area is 124 Å². The molecule has 1 aliphatic carbocycles. The number of carbonyl (C=O) groups is 2. The van der Waals surface area contributed by atoms with Gasteiger partial charge in [0.2, 0.25) is 11.6 Å². The third-order valence-corrected chi connectivity index (χ3v) is 4.11. The normalized spacial score (nSPS) is 14.8. The van der Waals surface area contributed by atoms with Gasteiger partial charge in [-0.15, -0.1) is 0 Å². The van der Waals surface area contributed by atoms with Crippen LogP contribution in [0.5, 0.6) is 5.75 Å². The van der Waals surface area contributed by atoms with Gasteiger partial charge < -0.3 is 4.74 Å². The molecule has 0 atom stereocenters. The van der Waals surface area contributed by atoms with Crippen molar-refractivity contribution in [3.8, 4) is 5.75 Å². The number of hydrogen-bond donors (Lipinski definition) is 0. The maximum absolute atomic E-state index is 12.3. The molecule has 0 aliphatic heterocycles. The average molecular weight is 307 g/mol. The molecule has 2 aromatic carbocycles. The van der Waals surface area contributed by atoms with E-state index in [-0.39, 0.29) is 21.2 Å². The van der Waals surface area contributed by atoms with Crippen molar-refractivity contribution in [3.63, 3.8) is 0 Å². The van der Waals surface area contributed by atoms with Gasteiger partial charge in [-0.2, -0.15) is 0 Å². The smallest absolute Gasteiger partial charge is 0.207 e. The molecule has 0 radical (unpaired) electrons. The highest BCUT2D eigenvalue weighted by Gasteiger charge is 2.33. The Balaban J connectivity index is 2.48. The number of hydrogen-bond acceptors (Lipinski definition) is 3. The van der Waals surface area contributed by atoms with E-state index in [1.807, 2.05) is 12.1 Å². The summed E-state index contributed by atoms with van der Waals surface area (Å²) in [7, 11) is 1.51. The lowest BCUT2D eigenvalue weighted by atomic mass is 9.89. The van der Waals surface area contributed by atoms with Crippen molar-refractivity contribution >= 4 is 45.5 Å². The Kier molecular flexibility index (Phi) is 3.04. The van der Waals surface area contributed by atoms with E-state index in [1.54, 1.807) is 12.1 Å². The molecule has 0 amide bonds. The Morgan fingerprint density at radius 1 is 0.950 bits per heavy atom. The lowest BCUT2D eigenvalue weighted by molar-refractivity contribution is 0.0988. The molecule has 100 valence electrons. The molecule has 0 saturated carbocycles. The van der Waals surface area contributed by atoms with Crippen molar-refractivity contribution in [1.82, 2.24) is 0 Å². The molecule has 3 rings (SSSR count). The van der Waals surface area contributed by atoms with Crippen LogP contribution >= 0.6 is 23.2 Å². The standard InChI is InChI=1S/C15H8Cl2O3/c1-20-10-6-9-11(8-5-3-2-4-7(8)10)15(19)13(17)12(16)14(9)18/h2-6H,1H3. The molecular formula is C15H8Cl2O3. The van der Waals surface area contributed by atoms with E-state index in [9.17, 15) is 9.59 Å². The topological polar surface area (TPSA) is 43.4 Å². The minimum atomic E-state index is -0.463. The van der Waals surface area contributed by atoms with Crippen molar-refractivity contribution in [2.75, 3.05) is 7.11 Å². The number of halogens is 2. The van der Waals surface area contributed by atoms with Crippen LogP contribution in [-0.4, -0.2) is 18.7 Å². The zero-order chi connectivity index (χ0) is 14.4. The van der Waals surface area contributed by atoms with Gasteiger partial charge in [0.25, 0.3) is 0 Å². The number of fused-ring (bicyclic) bond motifs is 3. The summed E-state index contributed by atoms with van der Waals surface area (Å²) in [6, 6.07) is 8.72. The van der Waals surface area contributed by atoms with E-state index in [4.69, 9.17) is 27.9 Å². The largest absolute Gasteiger partial charge is 0.496 e. The molecule has 2 aromatic rings. The molecule has 0 saturated heterocycles. The second kappa shape index (κ2) is 4.62. The first-order valence-electron chi connectivity index (χ1n) is 5.80.